The fraction of sp³-hybridized carbons (Fsp3) is 0.0909. The minimum atomic E-state index is -1.01. The lowest BCUT2D eigenvalue weighted by molar-refractivity contribution is 0.0690. The first-order valence-corrected chi connectivity index (χ1v) is 6.76. The van der Waals surface area contributed by atoms with Gasteiger partial charge in [-0.1, -0.05) is 15.9 Å². The number of carbonyl (C=O) groups is 1. The number of carboxylic acids is 1. The fourth-order valence-corrected chi connectivity index (χ4v) is 2.40. The van der Waals surface area contributed by atoms with E-state index in [-0.39, 0.29) is 5.69 Å². The second kappa shape index (κ2) is 4.93. The van der Waals surface area contributed by atoms with E-state index in [1.165, 1.54) is 6.07 Å². The number of nitrogens with zero attached hydrogens (tertiary/aromatic N) is 1. The zero-order chi connectivity index (χ0) is 12.4. The van der Waals surface area contributed by atoms with Gasteiger partial charge in [0.15, 0.2) is 0 Å². The van der Waals surface area contributed by atoms with Crippen LogP contribution in [0.5, 0.6) is 0 Å². The van der Waals surface area contributed by atoms with Gasteiger partial charge in [-0.2, -0.15) is 5.10 Å². The molecule has 17 heavy (non-hydrogen) atoms. The molecular formula is C11H9BrN2O2S. The molecule has 88 valence electrons. The van der Waals surface area contributed by atoms with Crippen LogP contribution >= 0.6 is 27.7 Å². The number of aromatic amines is 1. The van der Waals surface area contributed by atoms with Crippen LogP contribution in [-0.4, -0.2) is 27.5 Å². The van der Waals surface area contributed by atoms with Gasteiger partial charge in [-0.25, -0.2) is 4.79 Å². The normalized spacial score (nSPS) is 10.5. The summed E-state index contributed by atoms with van der Waals surface area (Å²) in [4.78, 5) is 11.8. The van der Waals surface area contributed by atoms with Crippen LogP contribution < -0.4 is 0 Å². The van der Waals surface area contributed by atoms with Gasteiger partial charge >= 0.3 is 5.97 Å². The second-order valence-electron chi connectivity index (χ2n) is 3.32. The van der Waals surface area contributed by atoms with Crippen molar-refractivity contribution in [3.05, 3.63) is 34.4 Å². The predicted octanol–water partition coefficient (Wildman–Crippen LogP) is 3.26. The Kier molecular flexibility index (Phi) is 3.54. The molecular weight excluding hydrogens is 304 g/mol. The molecule has 2 rings (SSSR count). The van der Waals surface area contributed by atoms with Crippen LogP contribution in [0.3, 0.4) is 0 Å². The molecule has 0 aliphatic carbocycles. The largest absolute Gasteiger partial charge is 0.477 e. The molecule has 1 heterocycles. The van der Waals surface area contributed by atoms with E-state index in [9.17, 15) is 4.79 Å². The molecule has 0 fully saturated rings. The minimum Gasteiger partial charge on any atom is -0.477 e. The number of hydrogen-bond donors (Lipinski definition) is 2. The van der Waals surface area contributed by atoms with Crippen LogP contribution in [0.2, 0.25) is 0 Å². The van der Waals surface area contributed by atoms with Crippen molar-refractivity contribution in [1.82, 2.24) is 10.2 Å². The maximum absolute atomic E-state index is 10.8. The number of H-pyrrole nitrogens is 1. The van der Waals surface area contributed by atoms with Gasteiger partial charge in [0.1, 0.15) is 5.69 Å². The van der Waals surface area contributed by atoms with E-state index in [0.29, 0.717) is 5.69 Å². The Morgan fingerprint density at radius 3 is 2.82 bits per heavy atom. The monoisotopic (exact) mass is 312 g/mol. The first kappa shape index (κ1) is 12.2. The van der Waals surface area contributed by atoms with Gasteiger partial charge in [0.2, 0.25) is 0 Å². The Hall–Kier alpha value is -1.27. The third-order valence-electron chi connectivity index (χ3n) is 2.25. The van der Waals surface area contributed by atoms with E-state index in [4.69, 9.17) is 5.11 Å². The second-order valence-corrected chi connectivity index (χ2v) is 5.08. The van der Waals surface area contributed by atoms with E-state index in [0.717, 1.165) is 14.9 Å². The highest BCUT2D eigenvalue weighted by molar-refractivity contribution is 9.10. The van der Waals surface area contributed by atoms with Gasteiger partial charge in [0.25, 0.3) is 0 Å². The number of halogens is 1. The Morgan fingerprint density at radius 1 is 1.47 bits per heavy atom. The van der Waals surface area contributed by atoms with Crippen molar-refractivity contribution in [3.8, 4) is 11.3 Å². The van der Waals surface area contributed by atoms with Gasteiger partial charge < -0.3 is 5.11 Å². The van der Waals surface area contributed by atoms with Crippen molar-refractivity contribution in [2.45, 2.75) is 4.90 Å². The smallest absolute Gasteiger partial charge is 0.353 e. The highest BCUT2D eigenvalue weighted by atomic mass is 79.9. The maximum Gasteiger partial charge on any atom is 0.353 e. The maximum atomic E-state index is 10.8. The van der Waals surface area contributed by atoms with Crippen molar-refractivity contribution in [1.29, 1.82) is 0 Å². The molecule has 0 aliphatic rings. The topological polar surface area (TPSA) is 66.0 Å². The van der Waals surface area contributed by atoms with Gasteiger partial charge in [0.05, 0.1) is 5.69 Å². The Balaban J connectivity index is 2.51. The van der Waals surface area contributed by atoms with Crippen LogP contribution in [0.1, 0.15) is 10.5 Å². The average molecular weight is 313 g/mol. The van der Waals surface area contributed by atoms with Gasteiger partial charge in [-0.3, -0.25) is 5.10 Å². The summed E-state index contributed by atoms with van der Waals surface area (Å²) in [6, 6.07) is 7.37. The number of hydrogen-bond acceptors (Lipinski definition) is 3. The summed E-state index contributed by atoms with van der Waals surface area (Å²) in [5.74, 6) is -1.01. The summed E-state index contributed by atoms with van der Waals surface area (Å²) in [7, 11) is 0. The zero-order valence-electron chi connectivity index (χ0n) is 8.90. The Bertz CT molecular complexity index is 568. The standard InChI is InChI=1S/C11H9BrN2O2S/c1-17-10-3-2-6(12)4-7(10)8-5-9(11(15)16)14-13-8/h2-5H,1H3,(H,13,14)(H,15,16). The molecule has 0 spiro atoms. The summed E-state index contributed by atoms with van der Waals surface area (Å²) in [6.45, 7) is 0. The van der Waals surface area contributed by atoms with Crippen molar-refractivity contribution in [2.24, 2.45) is 0 Å². The summed E-state index contributed by atoms with van der Waals surface area (Å²) in [5.41, 5.74) is 1.63. The number of carboxylic acid groups (broad SMARTS) is 1. The van der Waals surface area contributed by atoms with Gasteiger partial charge in [0, 0.05) is 14.9 Å². The molecule has 0 saturated carbocycles. The lowest BCUT2D eigenvalue weighted by atomic mass is 10.1. The molecule has 0 bridgehead atoms. The van der Waals surface area contributed by atoms with E-state index >= 15 is 0 Å². The third kappa shape index (κ3) is 2.53. The predicted molar refractivity (Wildman–Crippen MR) is 70.5 cm³/mol. The van der Waals surface area contributed by atoms with E-state index in [1.807, 2.05) is 24.5 Å². The van der Waals surface area contributed by atoms with Crippen LogP contribution in [0.4, 0.5) is 0 Å². The number of thioether (sulfide) groups is 1. The molecule has 1 aromatic heterocycles. The molecule has 1 aromatic carbocycles. The number of nitrogens with one attached hydrogen (secondary N) is 1. The first-order valence-electron chi connectivity index (χ1n) is 4.74. The van der Waals surface area contributed by atoms with E-state index in [1.54, 1.807) is 11.8 Å². The lowest BCUT2D eigenvalue weighted by Gasteiger charge is -2.04. The summed E-state index contributed by atoms with van der Waals surface area (Å²) >= 11 is 4.99. The van der Waals surface area contributed by atoms with E-state index < -0.39 is 5.97 Å². The van der Waals surface area contributed by atoms with Crippen molar-refractivity contribution in [2.75, 3.05) is 6.26 Å². The quantitative estimate of drug-likeness (QED) is 0.854. The van der Waals surface area contributed by atoms with Crippen LogP contribution in [0.25, 0.3) is 11.3 Å². The van der Waals surface area contributed by atoms with Crippen LogP contribution in [0.15, 0.2) is 33.6 Å². The molecule has 0 radical (unpaired) electrons. The fourth-order valence-electron chi connectivity index (χ4n) is 1.45. The highest BCUT2D eigenvalue weighted by Gasteiger charge is 2.12. The number of benzene rings is 1. The van der Waals surface area contributed by atoms with Crippen LogP contribution in [-0.2, 0) is 0 Å². The molecule has 0 unspecified atom stereocenters. The number of aromatic nitrogens is 2. The van der Waals surface area contributed by atoms with Crippen molar-refractivity contribution in [3.63, 3.8) is 0 Å². The summed E-state index contributed by atoms with van der Waals surface area (Å²) in [5, 5.41) is 15.4. The number of rotatable bonds is 3. The molecule has 0 atom stereocenters. The van der Waals surface area contributed by atoms with Crippen molar-refractivity contribution < 1.29 is 9.90 Å². The first-order chi connectivity index (χ1) is 8.11. The minimum absolute atomic E-state index is 0.0898. The number of aromatic carboxylic acids is 1. The summed E-state index contributed by atoms with van der Waals surface area (Å²) in [6.07, 6.45) is 1.97. The Labute approximate surface area is 111 Å². The summed E-state index contributed by atoms with van der Waals surface area (Å²) < 4.78 is 0.935. The molecule has 2 aromatic rings. The molecule has 0 aliphatic heterocycles. The third-order valence-corrected chi connectivity index (χ3v) is 3.53. The molecule has 0 saturated heterocycles. The molecule has 0 amide bonds. The van der Waals surface area contributed by atoms with Gasteiger partial charge in [-0.05, 0) is 30.5 Å². The van der Waals surface area contributed by atoms with E-state index in [2.05, 4.69) is 26.1 Å². The van der Waals surface area contributed by atoms with Crippen LogP contribution in [0, 0.1) is 0 Å². The molecule has 4 nitrogen and oxygen atoms in total. The SMILES string of the molecule is CSc1ccc(Br)cc1-c1cc(C(=O)O)[nH]n1. The lowest BCUT2D eigenvalue weighted by Crippen LogP contribution is -1.95. The Morgan fingerprint density at radius 2 is 2.24 bits per heavy atom. The van der Waals surface area contributed by atoms with Crippen molar-refractivity contribution >= 4 is 33.7 Å². The zero-order valence-corrected chi connectivity index (χ0v) is 11.3. The van der Waals surface area contributed by atoms with Gasteiger partial charge in [-0.15, -0.1) is 11.8 Å². The average Bonchev–Trinajstić information content (AvgIpc) is 2.78. The highest BCUT2D eigenvalue weighted by Crippen LogP contribution is 2.31. The molecule has 2 N–H and O–H groups in total. The molecule has 6 heteroatoms.